The van der Waals surface area contributed by atoms with E-state index in [4.69, 9.17) is 9.47 Å². The Morgan fingerprint density at radius 2 is 1.36 bits per heavy atom. The fourth-order valence-corrected chi connectivity index (χ4v) is 2.94. The van der Waals surface area contributed by atoms with Crippen molar-refractivity contribution in [2.75, 3.05) is 0 Å². The fourth-order valence-electron chi connectivity index (χ4n) is 2.37. The molecule has 0 saturated carbocycles. The van der Waals surface area contributed by atoms with E-state index in [0.717, 1.165) is 17.4 Å². The van der Waals surface area contributed by atoms with Crippen LogP contribution >= 0.6 is 15.9 Å². The molecular formula is C21H17BrO3. The van der Waals surface area contributed by atoms with Gasteiger partial charge in [0, 0.05) is 5.56 Å². The predicted octanol–water partition coefficient (Wildman–Crippen LogP) is 5.42. The molecule has 0 fully saturated rings. The first-order valence-corrected chi connectivity index (χ1v) is 8.68. The van der Waals surface area contributed by atoms with Crippen molar-refractivity contribution in [3.05, 3.63) is 94.0 Å². The van der Waals surface area contributed by atoms with Crippen molar-refractivity contribution >= 4 is 22.2 Å². The molecule has 0 unspecified atom stereocenters. The van der Waals surface area contributed by atoms with E-state index in [1.807, 2.05) is 60.7 Å². The molecule has 0 aliphatic rings. The normalized spacial score (nSPS) is 10.3. The largest absolute Gasteiger partial charge is 0.485 e. The first-order chi connectivity index (χ1) is 12.3. The van der Waals surface area contributed by atoms with Gasteiger partial charge in [0.15, 0.2) is 11.5 Å². The quantitative estimate of drug-likeness (QED) is 0.500. The van der Waals surface area contributed by atoms with Crippen LogP contribution in [0.15, 0.2) is 77.3 Å². The number of halogens is 1. The smallest absolute Gasteiger partial charge is 0.175 e. The van der Waals surface area contributed by atoms with E-state index in [0.29, 0.717) is 34.7 Å². The third kappa shape index (κ3) is 4.70. The van der Waals surface area contributed by atoms with Gasteiger partial charge in [0.05, 0.1) is 4.47 Å². The summed E-state index contributed by atoms with van der Waals surface area (Å²) in [5.41, 5.74) is 2.63. The Balaban J connectivity index is 1.81. The molecule has 0 aliphatic carbocycles. The van der Waals surface area contributed by atoms with Crippen LogP contribution in [0.25, 0.3) is 0 Å². The van der Waals surface area contributed by atoms with E-state index in [1.54, 1.807) is 12.1 Å². The lowest BCUT2D eigenvalue weighted by Gasteiger charge is -2.15. The number of hydrogen-bond acceptors (Lipinski definition) is 3. The SMILES string of the molecule is O=Cc1cc(Br)c(OCc2ccccc2)c(OCc2ccccc2)c1. The maximum atomic E-state index is 11.2. The molecule has 0 amide bonds. The van der Waals surface area contributed by atoms with Gasteiger partial charge in [-0.2, -0.15) is 0 Å². The maximum absolute atomic E-state index is 11.2. The molecule has 126 valence electrons. The van der Waals surface area contributed by atoms with Crippen LogP contribution in [0.4, 0.5) is 0 Å². The molecular weight excluding hydrogens is 380 g/mol. The minimum absolute atomic E-state index is 0.400. The lowest BCUT2D eigenvalue weighted by Crippen LogP contribution is -2.02. The van der Waals surface area contributed by atoms with Gasteiger partial charge in [-0.3, -0.25) is 4.79 Å². The Morgan fingerprint density at radius 1 is 0.800 bits per heavy atom. The molecule has 4 heteroatoms. The second-order valence-electron chi connectivity index (χ2n) is 5.50. The molecule has 3 rings (SSSR count). The van der Waals surface area contributed by atoms with E-state index in [9.17, 15) is 4.79 Å². The van der Waals surface area contributed by atoms with Crippen LogP contribution in [0.2, 0.25) is 0 Å². The van der Waals surface area contributed by atoms with Crippen LogP contribution in [0.1, 0.15) is 21.5 Å². The Hall–Kier alpha value is -2.59. The van der Waals surface area contributed by atoms with Crippen LogP contribution in [-0.4, -0.2) is 6.29 Å². The Bertz CT molecular complexity index is 833. The van der Waals surface area contributed by atoms with Crippen molar-refractivity contribution < 1.29 is 14.3 Å². The van der Waals surface area contributed by atoms with Gasteiger partial charge in [0.25, 0.3) is 0 Å². The zero-order valence-electron chi connectivity index (χ0n) is 13.5. The van der Waals surface area contributed by atoms with Crippen molar-refractivity contribution in [1.82, 2.24) is 0 Å². The molecule has 0 atom stereocenters. The summed E-state index contributed by atoms with van der Waals surface area (Å²) in [5.74, 6) is 1.13. The third-order valence-electron chi connectivity index (χ3n) is 3.63. The monoisotopic (exact) mass is 396 g/mol. The number of hydrogen-bond donors (Lipinski definition) is 0. The second-order valence-corrected chi connectivity index (χ2v) is 6.35. The van der Waals surface area contributed by atoms with Crippen molar-refractivity contribution in [3.63, 3.8) is 0 Å². The summed E-state index contributed by atoms with van der Waals surface area (Å²) in [4.78, 5) is 11.2. The molecule has 0 spiro atoms. The van der Waals surface area contributed by atoms with Crippen LogP contribution in [0, 0.1) is 0 Å². The minimum atomic E-state index is 0.400. The van der Waals surface area contributed by atoms with Crippen LogP contribution in [0.5, 0.6) is 11.5 Å². The number of aldehydes is 1. The predicted molar refractivity (Wildman–Crippen MR) is 101 cm³/mol. The van der Waals surface area contributed by atoms with E-state index in [-0.39, 0.29) is 0 Å². The topological polar surface area (TPSA) is 35.5 Å². The highest BCUT2D eigenvalue weighted by Crippen LogP contribution is 2.37. The first kappa shape index (κ1) is 17.2. The average Bonchev–Trinajstić information content (AvgIpc) is 2.67. The van der Waals surface area contributed by atoms with Crippen LogP contribution in [-0.2, 0) is 13.2 Å². The molecule has 3 aromatic carbocycles. The van der Waals surface area contributed by atoms with Gasteiger partial charge < -0.3 is 9.47 Å². The summed E-state index contributed by atoms with van der Waals surface area (Å²) in [7, 11) is 0. The highest BCUT2D eigenvalue weighted by Gasteiger charge is 2.13. The fraction of sp³-hybridized carbons (Fsp3) is 0.0952. The number of ether oxygens (including phenoxy) is 2. The third-order valence-corrected chi connectivity index (χ3v) is 4.22. The summed E-state index contributed by atoms with van der Waals surface area (Å²) in [5, 5.41) is 0. The molecule has 3 nitrogen and oxygen atoms in total. The van der Waals surface area contributed by atoms with Gasteiger partial charge in [0.1, 0.15) is 19.5 Å². The molecule has 0 N–H and O–H groups in total. The van der Waals surface area contributed by atoms with Crippen molar-refractivity contribution in [2.24, 2.45) is 0 Å². The summed E-state index contributed by atoms with van der Waals surface area (Å²) >= 11 is 3.47. The van der Waals surface area contributed by atoms with E-state index in [1.165, 1.54) is 0 Å². The summed E-state index contributed by atoms with van der Waals surface area (Å²) in [6, 6.07) is 23.2. The number of benzene rings is 3. The van der Waals surface area contributed by atoms with E-state index >= 15 is 0 Å². The van der Waals surface area contributed by atoms with Gasteiger partial charge in [0.2, 0.25) is 0 Å². The van der Waals surface area contributed by atoms with Gasteiger partial charge in [-0.25, -0.2) is 0 Å². The van der Waals surface area contributed by atoms with Crippen molar-refractivity contribution in [2.45, 2.75) is 13.2 Å². The van der Waals surface area contributed by atoms with Gasteiger partial charge in [-0.05, 0) is 39.2 Å². The Kier molecular flexibility index (Phi) is 5.86. The lowest BCUT2D eigenvalue weighted by molar-refractivity contribution is 0.112. The number of carbonyl (C=O) groups excluding carboxylic acids is 1. The van der Waals surface area contributed by atoms with Gasteiger partial charge in [-0.1, -0.05) is 60.7 Å². The van der Waals surface area contributed by atoms with Gasteiger partial charge in [-0.15, -0.1) is 0 Å². The number of rotatable bonds is 7. The van der Waals surface area contributed by atoms with Crippen LogP contribution in [0.3, 0.4) is 0 Å². The summed E-state index contributed by atoms with van der Waals surface area (Å²) in [6.45, 7) is 0.818. The highest BCUT2D eigenvalue weighted by atomic mass is 79.9. The lowest BCUT2D eigenvalue weighted by atomic mass is 10.2. The van der Waals surface area contributed by atoms with Crippen molar-refractivity contribution in [3.8, 4) is 11.5 Å². The molecule has 0 bridgehead atoms. The van der Waals surface area contributed by atoms with Crippen LogP contribution < -0.4 is 9.47 Å². The molecule has 0 aromatic heterocycles. The Morgan fingerprint density at radius 3 is 1.92 bits per heavy atom. The minimum Gasteiger partial charge on any atom is -0.485 e. The molecule has 0 aliphatic heterocycles. The maximum Gasteiger partial charge on any atom is 0.175 e. The molecule has 0 saturated heterocycles. The molecule has 0 radical (unpaired) electrons. The zero-order valence-corrected chi connectivity index (χ0v) is 15.1. The van der Waals surface area contributed by atoms with E-state index < -0.39 is 0 Å². The summed E-state index contributed by atoms with van der Waals surface area (Å²) in [6.07, 6.45) is 0.793. The summed E-state index contributed by atoms with van der Waals surface area (Å²) < 4.78 is 12.6. The van der Waals surface area contributed by atoms with Crippen molar-refractivity contribution in [1.29, 1.82) is 0 Å². The first-order valence-electron chi connectivity index (χ1n) is 7.88. The highest BCUT2D eigenvalue weighted by molar-refractivity contribution is 9.10. The zero-order chi connectivity index (χ0) is 17.5. The second kappa shape index (κ2) is 8.49. The Labute approximate surface area is 155 Å². The van der Waals surface area contributed by atoms with E-state index in [2.05, 4.69) is 15.9 Å². The molecule has 25 heavy (non-hydrogen) atoms. The number of carbonyl (C=O) groups is 1. The van der Waals surface area contributed by atoms with Gasteiger partial charge >= 0.3 is 0 Å². The standard InChI is InChI=1S/C21H17BrO3/c22-19-11-18(13-23)12-20(24-14-16-7-3-1-4-8-16)21(19)25-15-17-9-5-2-6-10-17/h1-13H,14-15H2. The molecule has 0 heterocycles. The molecule has 3 aromatic rings. The average molecular weight is 397 g/mol.